The van der Waals surface area contributed by atoms with Crippen LogP contribution in [-0.2, 0) is 19.6 Å². The summed E-state index contributed by atoms with van der Waals surface area (Å²) in [5, 5.41) is 46.7. The smallest absolute Gasteiger partial charge is 0.348 e. The second-order valence-corrected chi connectivity index (χ2v) is 14.2. The highest BCUT2D eigenvalue weighted by atomic mass is 19.1. The first-order chi connectivity index (χ1) is 31.2. The van der Waals surface area contributed by atoms with Gasteiger partial charge in [0, 0.05) is 42.0 Å². The number of ether oxygens (including phenoxy) is 2. The summed E-state index contributed by atoms with van der Waals surface area (Å²) in [6.45, 7) is -0.0574. The number of carbonyl (C=O) groups is 1. The lowest BCUT2D eigenvalue weighted by atomic mass is 10.2. The van der Waals surface area contributed by atoms with Gasteiger partial charge in [-0.05, 0) is 65.7 Å². The highest BCUT2D eigenvalue weighted by molar-refractivity contribution is 5.94. The number of hydrogen-bond donors (Lipinski definition) is 2. The highest BCUT2D eigenvalue weighted by Gasteiger charge is 2.22. The third-order valence-corrected chi connectivity index (χ3v) is 10.2. The molecule has 330 valence electrons. The van der Waals surface area contributed by atoms with Crippen LogP contribution in [0.4, 0.5) is 31.9 Å². The Labute approximate surface area is 364 Å². The first-order valence-electron chi connectivity index (χ1n) is 19.2. The minimum atomic E-state index is -0.874. The average Bonchev–Trinajstić information content (AvgIpc) is 3.72. The quantitative estimate of drug-likeness (QED) is 0.0898. The zero-order chi connectivity index (χ0) is 46.5. The van der Waals surface area contributed by atoms with E-state index in [2.05, 4.69) is 5.32 Å². The van der Waals surface area contributed by atoms with E-state index in [-0.39, 0.29) is 59.1 Å². The van der Waals surface area contributed by atoms with Crippen LogP contribution in [-0.4, -0.2) is 58.9 Å². The van der Waals surface area contributed by atoms with Crippen LogP contribution in [0.3, 0.4) is 0 Å². The molecule has 2 heterocycles. The predicted octanol–water partition coefficient (Wildman–Crippen LogP) is 7.42. The fourth-order valence-electron chi connectivity index (χ4n) is 7.06. The Morgan fingerprint density at radius 2 is 1.14 bits per heavy atom. The number of nitrogens with zero attached hydrogens (tertiary/aromatic N) is 7. The zero-order valence-corrected chi connectivity index (χ0v) is 34.2. The van der Waals surface area contributed by atoms with Crippen molar-refractivity contribution >= 4 is 50.6 Å². The van der Waals surface area contributed by atoms with Gasteiger partial charge >= 0.3 is 6.03 Å². The molecule has 0 spiro atoms. The van der Waals surface area contributed by atoms with Gasteiger partial charge in [-0.2, -0.15) is 4.68 Å². The molecule has 0 bridgehead atoms. The Bertz CT molecular complexity index is 3300. The van der Waals surface area contributed by atoms with Crippen LogP contribution in [0.15, 0.2) is 137 Å². The number of fused-ring (bicyclic) bond motifs is 2. The third-order valence-electron chi connectivity index (χ3n) is 10.2. The number of phenols is 1. The molecule has 0 aliphatic rings. The van der Waals surface area contributed by atoms with Gasteiger partial charge in [-0.15, -0.1) is 0 Å². The van der Waals surface area contributed by atoms with Crippen molar-refractivity contribution in [2.45, 2.75) is 19.6 Å². The van der Waals surface area contributed by atoms with Crippen LogP contribution in [0.25, 0.3) is 21.8 Å². The van der Waals surface area contributed by atoms with E-state index in [1.165, 1.54) is 96.4 Å². The molecule has 2 N–H and O–H groups in total. The van der Waals surface area contributed by atoms with Gasteiger partial charge in [-0.3, -0.25) is 49.3 Å². The summed E-state index contributed by atoms with van der Waals surface area (Å²) >= 11 is 0. The molecular weight excluding hydrogens is 852 g/mol. The molecule has 8 aromatic rings. The molecule has 0 aliphatic heterocycles. The molecule has 2 aromatic heterocycles. The largest absolute Gasteiger partial charge is 0.508 e. The van der Waals surface area contributed by atoms with Gasteiger partial charge in [-0.25, -0.2) is 13.9 Å². The molecule has 1 amide bonds. The molecule has 6 aromatic carbocycles. The number of nitro benzene ring substituents is 3. The molecule has 8 rings (SSSR count). The third kappa shape index (κ3) is 9.23. The summed E-state index contributed by atoms with van der Waals surface area (Å²) in [5.41, 5.74) is 0.644. The fraction of sp³-hybridized carbons (Fsp3) is 0.114. The Morgan fingerprint density at radius 1 is 0.615 bits per heavy atom. The van der Waals surface area contributed by atoms with Crippen LogP contribution >= 0.6 is 0 Å². The molecule has 0 saturated carbocycles. The van der Waals surface area contributed by atoms with Crippen molar-refractivity contribution in [3.8, 4) is 17.2 Å². The van der Waals surface area contributed by atoms with E-state index >= 15 is 0 Å². The van der Waals surface area contributed by atoms with E-state index < -0.39 is 37.7 Å². The minimum Gasteiger partial charge on any atom is -0.508 e. The second kappa shape index (κ2) is 18.5. The van der Waals surface area contributed by atoms with Crippen molar-refractivity contribution in [1.29, 1.82) is 0 Å². The summed E-state index contributed by atoms with van der Waals surface area (Å²) in [4.78, 5) is 71.3. The normalized spacial score (nSPS) is 10.9. The number of nitrogens with one attached hydrogen (secondary N) is 1. The number of aromatic hydroxyl groups is 1. The van der Waals surface area contributed by atoms with E-state index in [0.29, 0.717) is 39.0 Å². The number of para-hydroxylation sites is 1. The Morgan fingerprint density at radius 3 is 1.69 bits per heavy atom. The number of rotatable bonds is 12. The monoisotopic (exact) mass is 886 g/mol. The minimum absolute atomic E-state index is 0.0164. The number of nitro groups is 3. The molecule has 0 fully saturated rings. The second-order valence-electron chi connectivity index (χ2n) is 14.2. The van der Waals surface area contributed by atoms with Gasteiger partial charge in [0.15, 0.2) is 0 Å². The highest BCUT2D eigenvalue weighted by Crippen LogP contribution is 2.27. The van der Waals surface area contributed by atoms with Gasteiger partial charge < -0.3 is 19.9 Å². The fourth-order valence-corrected chi connectivity index (χ4v) is 7.06. The van der Waals surface area contributed by atoms with E-state index in [4.69, 9.17) is 9.47 Å². The summed E-state index contributed by atoms with van der Waals surface area (Å²) in [6, 6.07) is 29.9. The maximum Gasteiger partial charge on any atom is 0.348 e. The van der Waals surface area contributed by atoms with Crippen LogP contribution < -0.4 is 25.9 Å². The number of hydrogen-bond acceptors (Lipinski definition) is 12. The predicted molar refractivity (Wildman–Crippen MR) is 235 cm³/mol. The van der Waals surface area contributed by atoms with Crippen molar-refractivity contribution in [2.75, 3.05) is 19.5 Å². The van der Waals surface area contributed by atoms with Crippen LogP contribution in [0, 0.1) is 36.2 Å². The lowest BCUT2D eigenvalue weighted by molar-refractivity contribution is -0.385. The molecule has 0 saturated heterocycles. The van der Waals surface area contributed by atoms with E-state index in [9.17, 15) is 54.2 Å². The number of aromatic nitrogens is 4. The molecule has 0 unspecified atom stereocenters. The number of halogens is 1. The van der Waals surface area contributed by atoms with Gasteiger partial charge in [0.2, 0.25) is 0 Å². The summed E-state index contributed by atoms with van der Waals surface area (Å²) in [6.07, 6.45) is 0. The van der Waals surface area contributed by atoms with Gasteiger partial charge in [0.25, 0.3) is 28.2 Å². The van der Waals surface area contributed by atoms with Crippen molar-refractivity contribution in [3.05, 3.63) is 201 Å². The van der Waals surface area contributed by atoms with Gasteiger partial charge in [0.05, 0.1) is 76.1 Å². The molecule has 0 aliphatic carbocycles. The zero-order valence-electron chi connectivity index (χ0n) is 34.2. The van der Waals surface area contributed by atoms with Crippen LogP contribution in [0.5, 0.6) is 17.2 Å². The Balaban J connectivity index is 0.000000194. The van der Waals surface area contributed by atoms with Crippen LogP contribution in [0.2, 0.25) is 0 Å². The van der Waals surface area contributed by atoms with Gasteiger partial charge in [-0.1, -0.05) is 36.4 Å². The molecule has 65 heavy (non-hydrogen) atoms. The maximum atomic E-state index is 14.0. The first-order valence-corrected chi connectivity index (χ1v) is 19.2. The van der Waals surface area contributed by atoms with Crippen molar-refractivity contribution in [3.63, 3.8) is 0 Å². The topological polar surface area (TPSA) is 251 Å². The Kier molecular flexibility index (Phi) is 12.5. The number of amides is 1. The number of methoxy groups -OCH3 is 2. The number of anilines is 1. The van der Waals surface area contributed by atoms with Crippen molar-refractivity contribution in [2.24, 2.45) is 0 Å². The van der Waals surface area contributed by atoms with E-state index in [0.717, 1.165) is 4.68 Å². The van der Waals surface area contributed by atoms with Gasteiger partial charge in [0.1, 0.15) is 23.1 Å². The summed E-state index contributed by atoms with van der Waals surface area (Å²) in [7, 11) is 2.92. The molecule has 0 radical (unpaired) electrons. The van der Waals surface area contributed by atoms with Crippen molar-refractivity contribution in [1.82, 2.24) is 18.7 Å². The molecular formula is C44H35FN8O12. The van der Waals surface area contributed by atoms with E-state index in [1.54, 1.807) is 59.3 Å². The maximum absolute atomic E-state index is 14.0. The lowest BCUT2D eigenvalue weighted by Gasteiger charge is -2.14. The molecule has 20 nitrogen and oxygen atoms in total. The summed E-state index contributed by atoms with van der Waals surface area (Å²) in [5.74, 6) is 0.0374. The van der Waals surface area contributed by atoms with E-state index in [1.807, 2.05) is 0 Å². The van der Waals surface area contributed by atoms with Crippen LogP contribution in [0.1, 0.15) is 16.7 Å². The number of benzene rings is 6. The lowest BCUT2D eigenvalue weighted by Crippen LogP contribution is -2.34. The number of phenolic OH excluding ortho intramolecular Hbond substituents is 1. The molecule has 21 heteroatoms. The average molecular weight is 887 g/mol. The summed E-state index contributed by atoms with van der Waals surface area (Å²) < 4.78 is 29.6. The Hall–Kier alpha value is -9.14. The SMILES string of the molecule is COc1ccc2c(c1)c(=O)n(C(=O)Nc1ccccc1F)n2Cc1cccc([N+](=O)[O-])c1.COc1ccc2c(c1)c(=O)n(Cc1cc([N+](=O)[O-])ccc1O)n2Cc1cccc([N+](=O)[O-])c1. The first kappa shape index (κ1) is 43.9. The van der Waals surface area contributed by atoms with Crippen molar-refractivity contribution < 1.29 is 38.5 Å². The number of non-ortho nitro benzene ring substituents is 3. The molecule has 0 atom stereocenters. The number of carbonyl (C=O) groups excluding carboxylic acids is 1. The standard InChI is InChI=1S/C22H17FN4O5.C22H18N4O7/c1-32-16-9-10-20-17(12-16)21(28)26(22(29)24-19-8-3-2-7-18(19)23)25(20)13-14-5-4-6-15(11-14)27(30)31;1-33-18-6-7-20-19(11-18)22(28)24(13-15-10-17(26(31)32)5-8-21(15)27)23(20)12-14-3-2-4-16(9-14)25(29)30/h2-12H,13H2,1H3,(H,24,29);2-11,27H,12-13H2,1H3.